The lowest BCUT2D eigenvalue weighted by Gasteiger charge is -2.12. The van der Waals surface area contributed by atoms with Crippen LogP contribution in [0.25, 0.3) is 6.08 Å². The summed E-state index contributed by atoms with van der Waals surface area (Å²) in [5.74, 6) is -1.03. The van der Waals surface area contributed by atoms with E-state index in [1.807, 2.05) is 32.9 Å². The Morgan fingerprint density at radius 2 is 2.10 bits per heavy atom. The molecule has 1 unspecified atom stereocenters. The first kappa shape index (κ1) is 16.0. The molecule has 0 fully saturated rings. The molecule has 1 amide bonds. The third-order valence-electron chi connectivity index (χ3n) is 3.12. The highest BCUT2D eigenvalue weighted by Crippen LogP contribution is 2.18. The average Bonchev–Trinajstić information content (AvgIpc) is 2.39. The van der Waals surface area contributed by atoms with Crippen LogP contribution in [0.3, 0.4) is 0 Å². The lowest BCUT2D eigenvalue weighted by molar-refractivity contribution is -0.131. The van der Waals surface area contributed by atoms with Crippen LogP contribution in [0.1, 0.15) is 37.8 Å². The molecule has 1 aromatic rings. The highest BCUT2D eigenvalue weighted by Gasteiger charge is 2.12. The molecule has 0 aliphatic carbocycles. The van der Waals surface area contributed by atoms with Crippen molar-refractivity contribution >= 4 is 23.6 Å². The molecule has 0 saturated carbocycles. The predicted molar refractivity (Wildman–Crippen MR) is 80.6 cm³/mol. The molecule has 1 atom stereocenters. The Kier molecular flexibility index (Phi) is 5.97. The molecule has 0 radical (unpaired) electrons. The van der Waals surface area contributed by atoms with Gasteiger partial charge in [-0.15, -0.1) is 0 Å². The molecule has 0 bridgehead atoms. The maximum atomic E-state index is 11.9. The Hall–Kier alpha value is -2.10. The summed E-state index contributed by atoms with van der Waals surface area (Å²) in [7, 11) is 0. The maximum absolute atomic E-state index is 11.9. The molecular weight excluding hydrogens is 254 g/mol. The van der Waals surface area contributed by atoms with E-state index in [0.29, 0.717) is 5.69 Å². The molecule has 0 aliphatic heterocycles. The highest BCUT2D eigenvalue weighted by molar-refractivity contribution is 5.93. The first-order valence-electron chi connectivity index (χ1n) is 6.76. The molecule has 4 nitrogen and oxygen atoms in total. The molecule has 2 N–H and O–H groups in total. The third kappa shape index (κ3) is 4.88. The predicted octanol–water partition coefficient (Wildman–Crippen LogP) is 3.47. The van der Waals surface area contributed by atoms with Gasteiger partial charge in [0.2, 0.25) is 5.91 Å². The van der Waals surface area contributed by atoms with Gasteiger partial charge in [-0.2, -0.15) is 0 Å². The summed E-state index contributed by atoms with van der Waals surface area (Å²) in [4.78, 5) is 22.5. The Labute approximate surface area is 119 Å². The minimum Gasteiger partial charge on any atom is -0.478 e. The number of hydrogen-bond donors (Lipinski definition) is 2. The number of benzene rings is 1. The Bertz CT molecular complexity index is 520. The van der Waals surface area contributed by atoms with Crippen molar-refractivity contribution in [1.29, 1.82) is 0 Å². The van der Waals surface area contributed by atoms with E-state index in [0.717, 1.165) is 30.0 Å². The quantitative estimate of drug-likeness (QED) is 0.781. The first-order chi connectivity index (χ1) is 9.43. The van der Waals surface area contributed by atoms with Crippen molar-refractivity contribution in [3.8, 4) is 0 Å². The number of carbonyl (C=O) groups is 2. The molecule has 108 valence electrons. The summed E-state index contributed by atoms with van der Waals surface area (Å²) in [6.45, 7) is 5.84. The van der Waals surface area contributed by atoms with E-state index < -0.39 is 5.97 Å². The van der Waals surface area contributed by atoms with Gasteiger partial charge >= 0.3 is 5.97 Å². The smallest absolute Gasteiger partial charge is 0.328 e. The Balaban J connectivity index is 2.84. The van der Waals surface area contributed by atoms with E-state index in [1.165, 1.54) is 6.08 Å². The van der Waals surface area contributed by atoms with Gasteiger partial charge < -0.3 is 10.4 Å². The number of amides is 1. The SMILES string of the molecule is CCCC(C)C(=O)Nc1ccc(C)c(C=CC(=O)O)c1. The number of rotatable bonds is 6. The van der Waals surface area contributed by atoms with Crippen molar-refractivity contribution in [1.82, 2.24) is 0 Å². The molecule has 1 aromatic carbocycles. The number of aliphatic carboxylic acids is 1. The number of nitrogens with one attached hydrogen (secondary N) is 1. The number of aryl methyl sites for hydroxylation is 1. The summed E-state index contributed by atoms with van der Waals surface area (Å²) in [5, 5.41) is 11.5. The van der Waals surface area contributed by atoms with Gasteiger partial charge in [-0.05, 0) is 42.7 Å². The van der Waals surface area contributed by atoms with Crippen molar-refractivity contribution < 1.29 is 14.7 Å². The van der Waals surface area contributed by atoms with Crippen LogP contribution in [-0.2, 0) is 9.59 Å². The second kappa shape index (κ2) is 7.48. The van der Waals surface area contributed by atoms with Crippen LogP contribution >= 0.6 is 0 Å². The van der Waals surface area contributed by atoms with Crippen LogP contribution < -0.4 is 5.32 Å². The fourth-order valence-electron chi connectivity index (χ4n) is 1.89. The molecule has 0 aliphatic rings. The minimum absolute atomic E-state index is 0.0103. The molecule has 20 heavy (non-hydrogen) atoms. The molecule has 0 aromatic heterocycles. The second-order valence-electron chi connectivity index (χ2n) is 4.92. The fraction of sp³-hybridized carbons (Fsp3) is 0.375. The number of anilines is 1. The van der Waals surface area contributed by atoms with Crippen molar-refractivity contribution in [3.05, 3.63) is 35.4 Å². The van der Waals surface area contributed by atoms with Crippen LogP contribution in [0.15, 0.2) is 24.3 Å². The van der Waals surface area contributed by atoms with E-state index in [-0.39, 0.29) is 11.8 Å². The number of carboxylic acids is 1. The monoisotopic (exact) mass is 275 g/mol. The average molecular weight is 275 g/mol. The molecule has 0 heterocycles. The zero-order valence-corrected chi connectivity index (χ0v) is 12.1. The lowest BCUT2D eigenvalue weighted by Crippen LogP contribution is -2.20. The van der Waals surface area contributed by atoms with Gasteiger partial charge in [0.1, 0.15) is 0 Å². The topological polar surface area (TPSA) is 66.4 Å². The largest absolute Gasteiger partial charge is 0.478 e. The fourth-order valence-corrected chi connectivity index (χ4v) is 1.89. The molecule has 0 saturated heterocycles. The van der Waals surface area contributed by atoms with E-state index in [1.54, 1.807) is 6.07 Å². The molecular formula is C16H21NO3. The van der Waals surface area contributed by atoms with Crippen molar-refractivity contribution in [2.75, 3.05) is 5.32 Å². The number of hydrogen-bond acceptors (Lipinski definition) is 2. The van der Waals surface area contributed by atoms with Gasteiger partial charge in [-0.25, -0.2) is 4.79 Å². The second-order valence-corrected chi connectivity index (χ2v) is 4.92. The standard InChI is InChI=1S/C16H21NO3/c1-4-5-12(3)16(20)17-14-8-6-11(2)13(10-14)7-9-15(18)19/h6-10,12H,4-5H2,1-3H3,(H,17,20)(H,18,19). The third-order valence-corrected chi connectivity index (χ3v) is 3.12. The van der Waals surface area contributed by atoms with Crippen LogP contribution in [0, 0.1) is 12.8 Å². The van der Waals surface area contributed by atoms with Crippen molar-refractivity contribution in [3.63, 3.8) is 0 Å². The number of carboxylic acid groups (broad SMARTS) is 1. The van der Waals surface area contributed by atoms with Gasteiger partial charge in [0.25, 0.3) is 0 Å². The lowest BCUT2D eigenvalue weighted by atomic mass is 10.0. The summed E-state index contributed by atoms with van der Waals surface area (Å²) in [6.07, 6.45) is 4.44. The van der Waals surface area contributed by atoms with Crippen LogP contribution in [0.5, 0.6) is 0 Å². The van der Waals surface area contributed by atoms with Crippen LogP contribution in [0.2, 0.25) is 0 Å². The van der Waals surface area contributed by atoms with Gasteiger partial charge in [0.15, 0.2) is 0 Å². The molecule has 0 spiro atoms. The van der Waals surface area contributed by atoms with Gasteiger partial charge in [0.05, 0.1) is 0 Å². The van der Waals surface area contributed by atoms with Gasteiger partial charge in [-0.1, -0.05) is 26.3 Å². The van der Waals surface area contributed by atoms with Gasteiger partial charge in [-0.3, -0.25) is 4.79 Å². The van der Waals surface area contributed by atoms with Crippen molar-refractivity contribution in [2.24, 2.45) is 5.92 Å². The summed E-state index contributed by atoms with van der Waals surface area (Å²) in [5.41, 5.74) is 2.43. The van der Waals surface area contributed by atoms with Gasteiger partial charge in [0, 0.05) is 17.7 Å². The summed E-state index contributed by atoms with van der Waals surface area (Å²) in [6, 6.07) is 5.47. The summed E-state index contributed by atoms with van der Waals surface area (Å²) >= 11 is 0. The van der Waals surface area contributed by atoms with E-state index >= 15 is 0 Å². The van der Waals surface area contributed by atoms with Crippen molar-refractivity contribution in [2.45, 2.75) is 33.6 Å². The Morgan fingerprint density at radius 3 is 2.70 bits per heavy atom. The zero-order valence-electron chi connectivity index (χ0n) is 12.1. The molecule has 4 heteroatoms. The normalized spacial score (nSPS) is 12.3. The van der Waals surface area contributed by atoms with Crippen LogP contribution in [-0.4, -0.2) is 17.0 Å². The van der Waals surface area contributed by atoms with Crippen LogP contribution in [0.4, 0.5) is 5.69 Å². The number of carbonyl (C=O) groups excluding carboxylic acids is 1. The highest BCUT2D eigenvalue weighted by atomic mass is 16.4. The zero-order chi connectivity index (χ0) is 15.1. The summed E-state index contributed by atoms with van der Waals surface area (Å²) < 4.78 is 0. The molecule has 1 rings (SSSR count). The van der Waals surface area contributed by atoms with E-state index in [9.17, 15) is 9.59 Å². The minimum atomic E-state index is -0.990. The maximum Gasteiger partial charge on any atom is 0.328 e. The first-order valence-corrected chi connectivity index (χ1v) is 6.76. The Morgan fingerprint density at radius 1 is 1.40 bits per heavy atom. The van der Waals surface area contributed by atoms with E-state index in [2.05, 4.69) is 5.32 Å². The van der Waals surface area contributed by atoms with E-state index in [4.69, 9.17) is 5.11 Å².